The molecule has 8 heteroatoms. The summed E-state index contributed by atoms with van der Waals surface area (Å²) in [4.78, 5) is 14.2. The minimum Gasteiger partial charge on any atom is -0.305 e. The maximum absolute atomic E-state index is 14.3. The molecule has 0 bridgehead atoms. The summed E-state index contributed by atoms with van der Waals surface area (Å²) in [5.41, 5.74) is 0.608. The number of carbonyl (C=O) groups excluding carboxylic acids is 1. The van der Waals surface area contributed by atoms with Crippen molar-refractivity contribution in [2.75, 3.05) is 11.4 Å². The standard InChI is InChI=1S/C19H20F2N2O3S/c1-12(2)22-27(25,26)16-7-3-5-14(10-16)19(24)23-8-4-6-13-9-15(20)11-17(21)18(13)23/h3,5,7,9-12,22H,4,6,8H2,1-2H3. The number of anilines is 1. The molecule has 2 aromatic rings. The number of nitrogens with one attached hydrogen (secondary N) is 1. The summed E-state index contributed by atoms with van der Waals surface area (Å²) < 4.78 is 55.0. The predicted octanol–water partition coefficient (Wildman–Crippen LogP) is 3.24. The zero-order valence-electron chi connectivity index (χ0n) is 15.0. The lowest BCUT2D eigenvalue weighted by Gasteiger charge is -2.30. The van der Waals surface area contributed by atoms with Crippen molar-refractivity contribution in [1.82, 2.24) is 4.72 Å². The molecule has 0 radical (unpaired) electrons. The first-order valence-corrected chi connectivity index (χ1v) is 10.1. The minimum atomic E-state index is -3.76. The average molecular weight is 394 g/mol. The Morgan fingerprint density at radius 3 is 2.63 bits per heavy atom. The number of benzene rings is 2. The van der Waals surface area contributed by atoms with Crippen LogP contribution in [0.5, 0.6) is 0 Å². The third kappa shape index (κ3) is 4.01. The molecule has 0 aliphatic carbocycles. The van der Waals surface area contributed by atoms with Crippen LogP contribution in [0.4, 0.5) is 14.5 Å². The van der Waals surface area contributed by atoms with E-state index in [1.54, 1.807) is 13.8 Å². The Bertz CT molecular complexity index is 990. The fourth-order valence-corrected chi connectivity index (χ4v) is 4.48. The average Bonchev–Trinajstić information content (AvgIpc) is 2.59. The summed E-state index contributed by atoms with van der Waals surface area (Å²) >= 11 is 0. The van der Waals surface area contributed by atoms with Gasteiger partial charge in [-0.2, -0.15) is 0 Å². The fraction of sp³-hybridized carbons (Fsp3) is 0.316. The summed E-state index contributed by atoms with van der Waals surface area (Å²) in [5.74, 6) is -2.01. The van der Waals surface area contributed by atoms with Gasteiger partial charge in [0.1, 0.15) is 11.6 Å². The molecule has 0 saturated carbocycles. The van der Waals surface area contributed by atoms with Gasteiger partial charge in [0.15, 0.2) is 0 Å². The van der Waals surface area contributed by atoms with Gasteiger partial charge in [-0.15, -0.1) is 0 Å². The van der Waals surface area contributed by atoms with E-state index < -0.39 is 27.6 Å². The van der Waals surface area contributed by atoms with Crippen LogP contribution in [0.15, 0.2) is 41.3 Å². The van der Waals surface area contributed by atoms with Gasteiger partial charge in [-0.25, -0.2) is 21.9 Å². The molecule has 1 N–H and O–H groups in total. The molecular weight excluding hydrogens is 374 g/mol. The first-order chi connectivity index (χ1) is 12.7. The van der Waals surface area contributed by atoms with Crippen LogP contribution in [0.25, 0.3) is 0 Å². The topological polar surface area (TPSA) is 66.5 Å². The summed E-state index contributed by atoms with van der Waals surface area (Å²) in [6, 6.07) is 7.28. The molecule has 0 aromatic heterocycles. The van der Waals surface area contributed by atoms with Crippen molar-refractivity contribution in [2.24, 2.45) is 0 Å². The van der Waals surface area contributed by atoms with E-state index in [1.165, 1.54) is 35.2 Å². The van der Waals surface area contributed by atoms with Crippen LogP contribution < -0.4 is 9.62 Å². The zero-order chi connectivity index (χ0) is 19.8. The summed E-state index contributed by atoms with van der Waals surface area (Å²) in [5, 5.41) is 0. The van der Waals surface area contributed by atoms with E-state index in [4.69, 9.17) is 0 Å². The highest BCUT2D eigenvalue weighted by Gasteiger charge is 2.28. The van der Waals surface area contributed by atoms with Gasteiger partial charge in [0, 0.05) is 24.2 Å². The van der Waals surface area contributed by atoms with E-state index >= 15 is 0 Å². The highest BCUT2D eigenvalue weighted by molar-refractivity contribution is 7.89. The summed E-state index contributed by atoms with van der Waals surface area (Å²) in [6.45, 7) is 3.66. The monoisotopic (exact) mass is 394 g/mol. The van der Waals surface area contributed by atoms with Gasteiger partial charge in [0.2, 0.25) is 10.0 Å². The SMILES string of the molecule is CC(C)NS(=O)(=O)c1cccc(C(=O)N2CCCc3cc(F)cc(F)c32)c1. The molecule has 1 heterocycles. The number of sulfonamides is 1. The van der Waals surface area contributed by atoms with Gasteiger partial charge in [-0.05, 0) is 56.5 Å². The Labute approximate surface area is 157 Å². The van der Waals surface area contributed by atoms with Gasteiger partial charge >= 0.3 is 0 Å². The number of amides is 1. The molecule has 27 heavy (non-hydrogen) atoms. The number of hydrogen-bond donors (Lipinski definition) is 1. The normalized spacial score (nSPS) is 14.3. The Kier molecular flexibility index (Phi) is 5.30. The second kappa shape index (κ2) is 7.36. The molecule has 3 rings (SSSR count). The molecular formula is C19H20F2N2O3S. The van der Waals surface area contributed by atoms with Crippen molar-refractivity contribution < 1.29 is 22.0 Å². The molecule has 1 amide bonds. The summed E-state index contributed by atoms with van der Waals surface area (Å²) in [6.07, 6.45) is 1.04. The molecule has 0 atom stereocenters. The quantitative estimate of drug-likeness (QED) is 0.866. The lowest BCUT2D eigenvalue weighted by atomic mass is 10.00. The number of hydrogen-bond acceptors (Lipinski definition) is 3. The number of rotatable bonds is 4. The maximum Gasteiger partial charge on any atom is 0.258 e. The van der Waals surface area contributed by atoms with Gasteiger partial charge in [0.25, 0.3) is 5.91 Å². The molecule has 144 valence electrons. The van der Waals surface area contributed by atoms with Crippen LogP contribution in [0.2, 0.25) is 0 Å². The third-order valence-electron chi connectivity index (χ3n) is 4.23. The van der Waals surface area contributed by atoms with Crippen molar-refractivity contribution in [3.8, 4) is 0 Å². The second-order valence-electron chi connectivity index (χ2n) is 6.76. The number of nitrogens with zero attached hydrogens (tertiary/aromatic N) is 1. The Balaban J connectivity index is 1.98. The van der Waals surface area contributed by atoms with Gasteiger partial charge < -0.3 is 4.90 Å². The van der Waals surface area contributed by atoms with Crippen molar-refractivity contribution >= 4 is 21.6 Å². The third-order valence-corrected chi connectivity index (χ3v) is 5.89. The number of aryl methyl sites for hydroxylation is 1. The number of carbonyl (C=O) groups is 1. The lowest BCUT2D eigenvalue weighted by Crippen LogP contribution is -2.36. The van der Waals surface area contributed by atoms with Crippen molar-refractivity contribution in [1.29, 1.82) is 0 Å². The molecule has 2 aromatic carbocycles. The largest absolute Gasteiger partial charge is 0.305 e. The van der Waals surface area contributed by atoms with Crippen molar-refractivity contribution in [2.45, 2.75) is 37.6 Å². The van der Waals surface area contributed by atoms with Gasteiger partial charge in [-0.3, -0.25) is 4.79 Å². The van der Waals surface area contributed by atoms with E-state index in [9.17, 15) is 22.0 Å². The molecule has 0 fully saturated rings. The molecule has 5 nitrogen and oxygen atoms in total. The summed E-state index contributed by atoms with van der Waals surface area (Å²) in [7, 11) is -3.76. The maximum atomic E-state index is 14.3. The molecule has 0 unspecified atom stereocenters. The van der Waals surface area contributed by atoms with Crippen LogP contribution in [0.1, 0.15) is 36.2 Å². The van der Waals surface area contributed by atoms with Gasteiger partial charge in [0.05, 0.1) is 10.6 Å². The number of halogens is 2. The van der Waals surface area contributed by atoms with E-state index in [-0.39, 0.29) is 28.7 Å². The van der Waals surface area contributed by atoms with Crippen molar-refractivity contribution in [3.63, 3.8) is 0 Å². The van der Waals surface area contributed by atoms with Crippen LogP contribution in [-0.4, -0.2) is 26.9 Å². The van der Waals surface area contributed by atoms with Crippen LogP contribution in [0.3, 0.4) is 0 Å². The first kappa shape index (κ1) is 19.4. The minimum absolute atomic E-state index is 0.0427. The lowest BCUT2D eigenvalue weighted by molar-refractivity contribution is 0.0984. The molecule has 0 saturated heterocycles. The van der Waals surface area contributed by atoms with E-state index in [1.807, 2.05) is 0 Å². The molecule has 1 aliphatic rings. The highest BCUT2D eigenvalue weighted by Crippen LogP contribution is 2.32. The van der Waals surface area contributed by atoms with Crippen LogP contribution in [-0.2, 0) is 16.4 Å². The zero-order valence-corrected chi connectivity index (χ0v) is 15.8. The van der Waals surface area contributed by atoms with Crippen LogP contribution in [0, 0.1) is 11.6 Å². The first-order valence-electron chi connectivity index (χ1n) is 8.61. The Morgan fingerprint density at radius 2 is 1.93 bits per heavy atom. The highest BCUT2D eigenvalue weighted by atomic mass is 32.2. The Morgan fingerprint density at radius 1 is 1.19 bits per heavy atom. The Hall–Kier alpha value is -2.32. The fourth-order valence-electron chi connectivity index (χ4n) is 3.19. The molecule has 1 aliphatic heterocycles. The van der Waals surface area contributed by atoms with E-state index in [2.05, 4.69) is 4.72 Å². The molecule has 0 spiro atoms. The van der Waals surface area contributed by atoms with Gasteiger partial charge in [-0.1, -0.05) is 6.07 Å². The van der Waals surface area contributed by atoms with Crippen molar-refractivity contribution in [3.05, 3.63) is 59.2 Å². The van der Waals surface area contributed by atoms with E-state index in [0.29, 0.717) is 18.4 Å². The van der Waals surface area contributed by atoms with E-state index in [0.717, 1.165) is 6.07 Å². The second-order valence-corrected chi connectivity index (χ2v) is 8.47. The van der Waals surface area contributed by atoms with Crippen LogP contribution >= 0.6 is 0 Å². The smallest absolute Gasteiger partial charge is 0.258 e. The predicted molar refractivity (Wildman–Crippen MR) is 98.3 cm³/mol. The number of fused-ring (bicyclic) bond motifs is 1.